The smallest absolute Gasteiger partial charge is 0.0541 e. The second kappa shape index (κ2) is 14.4. The first kappa shape index (κ1) is 33.2. The lowest BCUT2D eigenvalue weighted by atomic mass is 9.98. The number of benzene rings is 9. The predicted octanol–water partition coefficient (Wildman–Crippen LogP) is 14.9. The van der Waals surface area contributed by atoms with Crippen LogP contribution in [0.3, 0.4) is 0 Å². The van der Waals surface area contributed by atoms with Crippen molar-refractivity contribution in [2.75, 3.05) is 4.90 Å². The highest BCUT2D eigenvalue weighted by atomic mass is 15.1. The Bertz CT molecular complexity index is 2870. The molecular weight excluding hydrogens is 677 g/mol. The first-order chi connectivity index (χ1) is 27.8. The molecule has 0 fully saturated rings. The molecule has 1 heterocycles. The van der Waals surface area contributed by atoms with Crippen molar-refractivity contribution in [3.05, 3.63) is 231 Å². The van der Waals surface area contributed by atoms with E-state index in [1.807, 2.05) is 0 Å². The molecule has 0 aliphatic rings. The van der Waals surface area contributed by atoms with Gasteiger partial charge < -0.3 is 9.47 Å². The van der Waals surface area contributed by atoms with Crippen molar-refractivity contribution in [1.29, 1.82) is 0 Å². The minimum absolute atomic E-state index is 1.09. The Morgan fingerprint density at radius 3 is 1.21 bits per heavy atom. The normalized spacial score (nSPS) is 11.2. The van der Waals surface area contributed by atoms with Crippen molar-refractivity contribution >= 4 is 38.9 Å². The highest BCUT2D eigenvalue weighted by molar-refractivity contribution is 6.09. The number of aromatic nitrogens is 1. The summed E-state index contributed by atoms with van der Waals surface area (Å²) in [6.07, 6.45) is 0. The second-order valence-corrected chi connectivity index (χ2v) is 14.1. The van der Waals surface area contributed by atoms with Crippen molar-refractivity contribution in [2.24, 2.45) is 0 Å². The molecule has 0 atom stereocenters. The first-order valence-corrected chi connectivity index (χ1v) is 19.2. The highest BCUT2D eigenvalue weighted by Gasteiger charge is 2.19. The van der Waals surface area contributed by atoms with Gasteiger partial charge in [0.2, 0.25) is 0 Å². The number of rotatable bonds is 8. The monoisotopic (exact) mass is 714 g/mol. The molecule has 0 N–H and O–H groups in total. The summed E-state index contributed by atoms with van der Waals surface area (Å²) in [5.41, 5.74) is 16.4. The molecule has 0 bridgehead atoms. The Labute approximate surface area is 327 Å². The minimum atomic E-state index is 1.09. The number of anilines is 3. The molecule has 0 saturated heterocycles. The molecule has 0 spiro atoms. The van der Waals surface area contributed by atoms with Gasteiger partial charge in [0.25, 0.3) is 0 Å². The van der Waals surface area contributed by atoms with Gasteiger partial charge in [-0.15, -0.1) is 0 Å². The molecule has 2 heteroatoms. The maximum absolute atomic E-state index is 2.41. The lowest BCUT2D eigenvalue weighted by Crippen LogP contribution is -2.11. The number of fused-ring (bicyclic) bond motifs is 3. The molecular formula is C54H38N2. The summed E-state index contributed by atoms with van der Waals surface area (Å²) in [5, 5.41) is 2.52. The SMILES string of the molecule is c1ccc(-c2ccc(-c3ccccc3N(c3ccc(-c4ccccc4)cc3)c3ccc(-c4ccccc4-n4c5ccccc5c5ccccc54)cc3)cc2)cc1. The van der Waals surface area contributed by atoms with Gasteiger partial charge in [-0.05, 0) is 81.9 Å². The van der Waals surface area contributed by atoms with Crippen LogP contribution in [-0.2, 0) is 0 Å². The minimum Gasteiger partial charge on any atom is -0.310 e. The fraction of sp³-hybridized carbons (Fsp3) is 0. The van der Waals surface area contributed by atoms with E-state index in [2.05, 4.69) is 240 Å². The summed E-state index contributed by atoms with van der Waals surface area (Å²) >= 11 is 0. The molecule has 264 valence electrons. The first-order valence-electron chi connectivity index (χ1n) is 19.2. The molecule has 0 aliphatic heterocycles. The van der Waals surface area contributed by atoms with Crippen LogP contribution < -0.4 is 4.90 Å². The molecule has 10 aromatic rings. The third-order valence-corrected chi connectivity index (χ3v) is 10.8. The molecule has 1 aromatic heterocycles. The Hall–Kier alpha value is -7.42. The number of hydrogen-bond acceptors (Lipinski definition) is 1. The zero-order valence-electron chi connectivity index (χ0n) is 30.8. The Morgan fingerprint density at radius 1 is 0.268 bits per heavy atom. The molecule has 0 unspecified atom stereocenters. The van der Waals surface area contributed by atoms with Crippen LogP contribution in [0.2, 0.25) is 0 Å². The average molecular weight is 715 g/mol. The van der Waals surface area contributed by atoms with Crippen molar-refractivity contribution in [3.8, 4) is 50.2 Å². The highest BCUT2D eigenvalue weighted by Crippen LogP contribution is 2.43. The summed E-state index contributed by atoms with van der Waals surface area (Å²) in [6, 6.07) is 83.0. The second-order valence-electron chi connectivity index (χ2n) is 14.1. The number of para-hydroxylation sites is 4. The van der Waals surface area contributed by atoms with E-state index < -0.39 is 0 Å². The maximum atomic E-state index is 2.41. The third kappa shape index (κ3) is 6.04. The van der Waals surface area contributed by atoms with Crippen LogP contribution in [0.15, 0.2) is 231 Å². The van der Waals surface area contributed by atoms with E-state index in [0.717, 1.165) is 28.3 Å². The molecule has 0 radical (unpaired) electrons. The van der Waals surface area contributed by atoms with E-state index >= 15 is 0 Å². The zero-order chi connectivity index (χ0) is 37.3. The van der Waals surface area contributed by atoms with Gasteiger partial charge >= 0.3 is 0 Å². The molecule has 0 aliphatic carbocycles. The van der Waals surface area contributed by atoms with Crippen molar-refractivity contribution in [2.45, 2.75) is 0 Å². The van der Waals surface area contributed by atoms with Crippen LogP contribution in [0.4, 0.5) is 17.1 Å². The predicted molar refractivity (Wildman–Crippen MR) is 237 cm³/mol. The van der Waals surface area contributed by atoms with Crippen LogP contribution in [0.5, 0.6) is 0 Å². The number of nitrogens with zero attached hydrogens (tertiary/aromatic N) is 2. The van der Waals surface area contributed by atoms with Gasteiger partial charge in [-0.25, -0.2) is 0 Å². The quantitative estimate of drug-likeness (QED) is 0.152. The summed E-state index contributed by atoms with van der Waals surface area (Å²) in [7, 11) is 0. The molecule has 56 heavy (non-hydrogen) atoms. The van der Waals surface area contributed by atoms with Crippen LogP contribution >= 0.6 is 0 Å². The Morgan fingerprint density at radius 2 is 0.643 bits per heavy atom. The van der Waals surface area contributed by atoms with Crippen molar-refractivity contribution in [3.63, 3.8) is 0 Å². The molecule has 2 nitrogen and oxygen atoms in total. The van der Waals surface area contributed by atoms with Gasteiger partial charge in [-0.2, -0.15) is 0 Å². The largest absolute Gasteiger partial charge is 0.310 e. The maximum Gasteiger partial charge on any atom is 0.0541 e. The van der Waals surface area contributed by atoms with Gasteiger partial charge in [0, 0.05) is 33.3 Å². The zero-order valence-corrected chi connectivity index (χ0v) is 30.8. The lowest BCUT2D eigenvalue weighted by Gasteiger charge is -2.28. The van der Waals surface area contributed by atoms with Crippen LogP contribution in [0.25, 0.3) is 72.0 Å². The van der Waals surface area contributed by atoms with E-state index in [1.165, 1.54) is 60.8 Å². The average Bonchev–Trinajstić information content (AvgIpc) is 3.62. The fourth-order valence-electron chi connectivity index (χ4n) is 8.13. The van der Waals surface area contributed by atoms with E-state index in [1.54, 1.807) is 0 Å². The Kier molecular flexibility index (Phi) is 8.55. The molecule has 0 amide bonds. The lowest BCUT2D eigenvalue weighted by molar-refractivity contribution is 1.18. The van der Waals surface area contributed by atoms with Gasteiger partial charge in [0.1, 0.15) is 0 Å². The summed E-state index contributed by atoms with van der Waals surface area (Å²) < 4.78 is 2.41. The van der Waals surface area contributed by atoms with E-state index in [4.69, 9.17) is 0 Å². The summed E-state index contributed by atoms with van der Waals surface area (Å²) in [5.74, 6) is 0. The summed E-state index contributed by atoms with van der Waals surface area (Å²) in [6.45, 7) is 0. The van der Waals surface area contributed by atoms with Gasteiger partial charge in [-0.3, -0.25) is 0 Å². The van der Waals surface area contributed by atoms with Gasteiger partial charge in [-0.1, -0.05) is 182 Å². The third-order valence-electron chi connectivity index (χ3n) is 10.8. The van der Waals surface area contributed by atoms with E-state index in [-0.39, 0.29) is 0 Å². The number of hydrogen-bond donors (Lipinski definition) is 0. The summed E-state index contributed by atoms with van der Waals surface area (Å²) in [4.78, 5) is 2.39. The molecule has 9 aromatic carbocycles. The fourth-order valence-corrected chi connectivity index (χ4v) is 8.13. The topological polar surface area (TPSA) is 8.17 Å². The van der Waals surface area contributed by atoms with Crippen molar-refractivity contribution < 1.29 is 0 Å². The van der Waals surface area contributed by atoms with Gasteiger partial charge in [0.05, 0.1) is 22.4 Å². The van der Waals surface area contributed by atoms with Crippen LogP contribution in [0.1, 0.15) is 0 Å². The van der Waals surface area contributed by atoms with Crippen LogP contribution in [0, 0.1) is 0 Å². The molecule has 0 saturated carbocycles. The van der Waals surface area contributed by atoms with Crippen LogP contribution in [-0.4, -0.2) is 4.57 Å². The van der Waals surface area contributed by atoms with Crippen molar-refractivity contribution in [1.82, 2.24) is 4.57 Å². The van der Waals surface area contributed by atoms with E-state index in [9.17, 15) is 0 Å². The standard InChI is InChI=1S/C54H38N2/c1-3-15-39(16-4-1)41-27-29-43(30-28-41)47-19-7-11-23-51(47)55(45-35-31-42(32-36-45)40-17-5-2-6-18-40)46-37-33-44(34-38-46)48-20-8-12-24-52(48)56-53-25-13-9-21-49(53)50-22-10-14-26-54(50)56/h1-38H. The molecule has 10 rings (SSSR count). The Balaban J connectivity index is 1.08. The van der Waals surface area contributed by atoms with E-state index in [0.29, 0.717) is 0 Å². The van der Waals surface area contributed by atoms with Gasteiger partial charge in [0.15, 0.2) is 0 Å².